The Kier molecular flexibility index (Phi) is 7.18. The van der Waals surface area contributed by atoms with Crippen LogP contribution < -0.4 is 0 Å². The monoisotopic (exact) mass is 491 g/mol. The summed E-state index contributed by atoms with van der Waals surface area (Å²) in [7, 11) is -6.99. The van der Waals surface area contributed by atoms with E-state index in [0.29, 0.717) is 39.0 Å². The molecular weight excluding hydrogens is 462 g/mol. The standard InChI is InChI=1S/C23H29N3O5S2/c27-23(24-15-17-26(18-16-24)33(30,31)22-9-5-2-6-10-22)21-11-13-25(14-12-21)32(28,29)19-20-7-3-1-4-8-20/h1-10,21H,11-19H2. The maximum atomic E-state index is 13.0. The Morgan fingerprint density at radius 1 is 0.727 bits per heavy atom. The van der Waals surface area contributed by atoms with Crippen molar-refractivity contribution in [2.24, 2.45) is 5.92 Å². The summed E-state index contributed by atoms with van der Waals surface area (Å²) in [5, 5.41) is 0. The van der Waals surface area contributed by atoms with Crippen LogP contribution in [0.1, 0.15) is 18.4 Å². The van der Waals surface area contributed by atoms with E-state index in [1.54, 1.807) is 47.4 Å². The summed E-state index contributed by atoms with van der Waals surface area (Å²) in [6, 6.07) is 17.4. The van der Waals surface area contributed by atoms with Crippen LogP contribution in [0.3, 0.4) is 0 Å². The number of hydrogen-bond donors (Lipinski definition) is 0. The number of carbonyl (C=O) groups excluding carboxylic acids is 1. The fourth-order valence-electron chi connectivity index (χ4n) is 4.41. The first-order chi connectivity index (χ1) is 15.8. The molecule has 0 atom stereocenters. The first-order valence-corrected chi connectivity index (χ1v) is 14.2. The molecule has 0 bridgehead atoms. The molecule has 0 unspecified atom stereocenters. The first kappa shape index (κ1) is 23.9. The molecule has 0 N–H and O–H groups in total. The van der Waals surface area contributed by atoms with Crippen LogP contribution >= 0.6 is 0 Å². The molecule has 2 saturated heterocycles. The van der Waals surface area contributed by atoms with Gasteiger partial charge in [-0.2, -0.15) is 4.31 Å². The van der Waals surface area contributed by atoms with E-state index in [4.69, 9.17) is 0 Å². The zero-order valence-corrected chi connectivity index (χ0v) is 20.0. The number of piperazine rings is 1. The molecule has 33 heavy (non-hydrogen) atoms. The molecule has 0 aromatic heterocycles. The molecule has 0 radical (unpaired) electrons. The average Bonchev–Trinajstić information content (AvgIpc) is 2.85. The summed E-state index contributed by atoms with van der Waals surface area (Å²) >= 11 is 0. The third kappa shape index (κ3) is 5.46. The van der Waals surface area contributed by atoms with Crippen LogP contribution in [0.5, 0.6) is 0 Å². The predicted molar refractivity (Wildman–Crippen MR) is 125 cm³/mol. The van der Waals surface area contributed by atoms with Gasteiger partial charge in [0.2, 0.25) is 26.0 Å². The molecule has 0 spiro atoms. The summed E-state index contributed by atoms with van der Waals surface area (Å²) in [6.07, 6.45) is 0.963. The molecule has 2 aliphatic rings. The fourth-order valence-corrected chi connectivity index (χ4v) is 7.41. The van der Waals surface area contributed by atoms with Crippen molar-refractivity contribution in [1.29, 1.82) is 0 Å². The van der Waals surface area contributed by atoms with Crippen molar-refractivity contribution < 1.29 is 21.6 Å². The van der Waals surface area contributed by atoms with Crippen LogP contribution in [0, 0.1) is 5.92 Å². The average molecular weight is 492 g/mol. The van der Waals surface area contributed by atoms with Gasteiger partial charge >= 0.3 is 0 Å². The maximum Gasteiger partial charge on any atom is 0.243 e. The van der Waals surface area contributed by atoms with Crippen molar-refractivity contribution in [3.8, 4) is 0 Å². The Balaban J connectivity index is 1.29. The van der Waals surface area contributed by atoms with E-state index >= 15 is 0 Å². The molecule has 8 nitrogen and oxygen atoms in total. The minimum atomic E-state index is -3.56. The molecule has 2 fully saturated rings. The van der Waals surface area contributed by atoms with E-state index in [2.05, 4.69) is 0 Å². The normalized spacial score (nSPS) is 19.5. The Morgan fingerprint density at radius 3 is 1.85 bits per heavy atom. The number of nitrogens with zero attached hydrogens (tertiary/aromatic N) is 3. The number of piperidine rings is 1. The highest BCUT2D eigenvalue weighted by Gasteiger charge is 2.35. The van der Waals surface area contributed by atoms with Gasteiger partial charge in [-0.25, -0.2) is 21.1 Å². The topological polar surface area (TPSA) is 95.1 Å². The van der Waals surface area contributed by atoms with E-state index in [9.17, 15) is 21.6 Å². The van der Waals surface area contributed by atoms with Crippen LogP contribution in [-0.4, -0.2) is 75.5 Å². The SMILES string of the molecule is O=C(C1CCN(S(=O)(=O)Cc2ccccc2)CC1)N1CCN(S(=O)(=O)c2ccccc2)CC1. The molecule has 0 saturated carbocycles. The highest BCUT2D eigenvalue weighted by molar-refractivity contribution is 7.89. The van der Waals surface area contributed by atoms with Gasteiger partial charge in [0.05, 0.1) is 10.6 Å². The van der Waals surface area contributed by atoms with Crippen molar-refractivity contribution in [3.05, 3.63) is 66.2 Å². The van der Waals surface area contributed by atoms with Crippen LogP contribution in [0.15, 0.2) is 65.6 Å². The van der Waals surface area contributed by atoms with Gasteiger partial charge in [0.15, 0.2) is 0 Å². The molecular formula is C23H29N3O5S2. The molecule has 2 aromatic rings. The fraction of sp³-hybridized carbons (Fsp3) is 0.435. The molecule has 2 heterocycles. The molecule has 4 rings (SSSR count). The second-order valence-corrected chi connectivity index (χ2v) is 12.4. The van der Waals surface area contributed by atoms with Crippen molar-refractivity contribution in [3.63, 3.8) is 0 Å². The molecule has 0 aliphatic carbocycles. The second kappa shape index (κ2) is 9.92. The van der Waals surface area contributed by atoms with Gasteiger partial charge in [-0.05, 0) is 30.5 Å². The van der Waals surface area contributed by atoms with E-state index < -0.39 is 20.0 Å². The first-order valence-electron chi connectivity index (χ1n) is 11.1. The number of rotatable bonds is 6. The lowest BCUT2D eigenvalue weighted by molar-refractivity contribution is -0.137. The number of sulfonamides is 2. The van der Waals surface area contributed by atoms with Gasteiger partial charge in [0, 0.05) is 45.2 Å². The van der Waals surface area contributed by atoms with Gasteiger partial charge in [-0.3, -0.25) is 4.79 Å². The maximum absolute atomic E-state index is 13.0. The van der Waals surface area contributed by atoms with Crippen molar-refractivity contribution >= 4 is 26.0 Å². The molecule has 2 aromatic carbocycles. The Hall–Kier alpha value is -2.27. The summed E-state index contributed by atoms with van der Waals surface area (Å²) in [5.41, 5.74) is 0.749. The van der Waals surface area contributed by atoms with Gasteiger partial charge in [-0.1, -0.05) is 48.5 Å². The third-order valence-electron chi connectivity index (χ3n) is 6.32. The zero-order chi connectivity index (χ0) is 23.5. The lowest BCUT2D eigenvalue weighted by Gasteiger charge is -2.37. The van der Waals surface area contributed by atoms with Gasteiger partial charge in [0.25, 0.3) is 0 Å². The number of benzene rings is 2. The minimum absolute atomic E-state index is 0.00753. The number of carbonyl (C=O) groups is 1. The highest BCUT2D eigenvalue weighted by Crippen LogP contribution is 2.25. The lowest BCUT2D eigenvalue weighted by Crippen LogP contribution is -2.53. The van der Waals surface area contributed by atoms with E-state index in [0.717, 1.165) is 5.56 Å². The van der Waals surface area contributed by atoms with E-state index in [1.807, 2.05) is 18.2 Å². The Morgan fingerprint density at radius 2 is 1.27 bits per heavy atom. The minimum Gasteiger partial charge on any atom is -0.340 e. The number of hydrogen-bond acceptors (Lipinski definition) is 5. The second-order valence-electron chi connectivity index (χ2n) is 8.46. The van der Waals surface area contributed by atoms with Gasteiger partial charge in [-0.15, -0.1) is 0 Å². The molecule has 2 aliphatic heterocycles. The Labute approximate surface area is 195 Å². The van der Waals surface area contributed by atoms with Crippen LogP contribution in [0.25, 0.3) is 0 Å². The lowest BCUT2D eigenvalue weighted by atomic mass is 9.96. The van der Waals surface area contributed by atoms with Crippen LogP contribution in [-0.2, 0) is 30.6 Å². The Bertz CT molecular complexity index is 1160. The van der Waals surface area contributed by atoms with Crippen LogP contribution in [0.4, 0.5) is 0 Å². The van der Waals surface area contributed by atoms with Crippen LogP contribution in [0.2, 0.25) is 0 Å². The quantitative estimate of drug-likeness (QED) is 0.614. The predicted octanol–water partition coefficient (Wildman–Crippen LogP) is 1.76. The highest BCUT2D eigenvalue weighted by atomic mass is 32.2. The largest absolute Gasteiger partial charge is 0.340 e. The van der Waals surface area contributed by atoms with Gasteiger partial charge in [0.1, 0.15) is 0 Å². The molecule has 178 valence electrons. The van der Waals surface area contributed by atoms with Crippen molar-refractivity contribution in [2.45, 2.75) is 23.5 Å². The summed E-state index contributed by atoms with van der Waals surface area (Å²) in [4.78, 5) is 15.0. The smallest absolute Gasteiger partial charge is 0.243 e. The van der Waals surface area contributed by atoms with E-state index in [-0.39, 0.29) is 35.6 Å². The summed E-state index contributed by atoms with van der Waals surface area (Å²) in [5.74, 6) is -0.276. The third-order valence-corrected chi connectivity index (χ3v) is 10.1. The summed E-state index contributed by atoms with van der Waals surface area (Å²) < 4.78 is 54.0. The van der Waals surface area contributed by atoms with Crippen molar-refractivity contribution in [2.75, 3.05) is 39.3 Å². The van der Waals surface area contributed by atoms with Crippen molar-refractivity contribution in [1.82, 2.24) is 13.5 Å². The molecule has 10 heteroatoms. The van der Waals surface area contributed by atoms with Gasteiger partial charge < -0.3 is 4.90 Å². The zero-order valence-electron chi connectivity index (χ0n) is 18.4. The summed E-state index contributed by atoms with van der Waals surface area (Å²) in [6.45, 7) is 1.86. The number of amides is 1. The molecule has 1 amide bonds. The van der Waals surface area contributed by atoms with E-state index in [1.165, 1.54) is 8.61 Å².